The van der Waals surface area contributed by atoms with Gasteiger partial charge in [0.05, 0.1) is 24.8 Å². The third kappa shape index (κ3) is 6.82. The lowest BCUT2D eigenvalue weighted by atomic mass is 10.1. The summed E-state index contributed by atoms with van der Waals surface area (Å²) in [7, 11) is -3.01. The number of rotatable bonds is 11. The average molecular weight is 494 g/mol. The van der Waals surface area contributed by atoms with Crippen LogP contribution in [0.2, 0.25) is 0 Å². The minimum atomic E-state index is -3.01. The lowest BCUT2D eigenvalue weighted by Gasteiger charge is -2.28. The smallest absolute Gasteiger partial charge is 0.330 e. The second kappa shape index (κ2) is 12.5. The quantitative estimate of drug-likeness (QED) is 0.214. The van der Waals surface area contributed by atoms with E-state index < -0.39 is 7.60 Å². The van der Waals surface area contributed by atoms with E-state index in [1.54, 1.807) is 0 Å². The number of hydrogen-bond donors (Lipinski definition) is 0. The predicted octanol–water partition coefficient (Wildman–Crippen LogP) is 6.94. The first-order valence-corrected chi connectivity index (χ1v) is 14.7. The number of fused-ring (bicyclic) bond motifs is 1. The zero-order chi connectivity index (χ0) is 24.5. The van der Waals surface area contributed by atoms with Gasteiger partial charge in [-0.3, -0.25) is 4.57 Å². The summed E-state index contributed by atoms with van der Waals surface area (Å²) >= 11 is 0. The summed E-state index contributed by atoms with van der Waals surface area (Å²) in [4.78, 5) is 2.49. The van der Waals surface area contributed by atoms with Crippen LogP contribution in [0.1, 0.15) is 50.7 Å². The number of benzene rings is 2. The standard InChI is InChI=1S/C29H38N2O3P/c1-3-33-35(32,34-4-2)24-10-22-31-23-19-26(28-11-6-7-12-29(28)31)16-13-25-14-17-27(18-15-25)30-20-8-5-9-21-30/h6-7,11-19,23H,3-5,8-10,20-22,24H2,1-2H3/q+1. The van der Waals surface area contributed by atoms with Crippen molar-refractivity contribution in [2.24, 2.45) is 0 Å². The first-order valence-electron chi connectivity index (χ1n) is 12.9. The van der Waals surface area contributed by atoms with Gasteiger partial charge < -0.3 is 13.9 Å². The molecule has 1 saturated heterocycles. The molecule has 186 valence electrons. The minimum absolute atomic E-state index is 0.398. The van der Waals surface area contributed by atoms with E-state index >= 15 is 0 Å². The van der Waals surface area contributed by atoms with Crippen LogP contribution >= 0.6 is 7.60 Å². The summed E-state index contributed by atoms with van der Waals surface area (Å²) < 4.78 is 25.9. The Morgan fingerprint density at radius 2 is 1.63 bits per heavy atom. The largest absolute Gasteiger partial charge is 0.372 e. The third-order valence-corrected chi connectivity index (χ3v) is 8.68. The van der Waals surface area contributed by atoms with Crippen molar-refractivity contribution >= 4 is 36.3 Å². The molecule has 6 heteroatoms. The maximum Gasteiger partial charge on any atom is 0.330 e. The number of para-hydroxylation sites is 1. The number of anilines is 1. The van der Waals surface area contributed by atoms with Gasteiger partial charge in [-0.15, -0.1) is 0 Å². The van der Waals surface area contributed by atoms with Crippen molar-refractivity contribution in [1.82, 2.24) is 0 Å². The molecular weight excluding hydrogens is 455 g/mol. The maximum absolute atomic E-state index is 12.8. The van der Waals surface area contributed by atoms with Gasteiger partial charge in [0.2, 0.25) is 5.52 Å². The molecule has 35 heavy (non-hydrogen) atoms. The van der Waals surface area contributed by atoms with E-state index in [1.807, 2.05) is 13.8 Å². The molecule has 0 N–H and O–H groups in total. The van der Waals surface area contributed by atoms with E-state index in [0.29, 0.717) is 19.4 Å². The van der Waals surface area contributed by atoms with Gasteiger partial charge in [0.1, 0.15) is 6.54 Å². The molecule has 0 unspecified atom stereocenters. The van der Waals surface area contributed by atoms with Crippen LogP contribution in [0.15, 0.2) is 60.8 Å². The highest BCUT2D eigenvalue weighted by atomic mass is 31.2. The van der Waals surface area contributed by atoms with Gasteiger partial charge in [0.15, 0.2) is 6.20 Å². The van der Waals surface area contributed by atoms with Crippen LogP contribution in [0.3, 0.4) is 0 Å². The Morgan fingerprint density at radius 1 is 0.914 bits per heavy atom. The van der Waals surface area contributed by atoms with Gasteiger partial charge in [-0.2, -0.15) is 4.57 Å². The molecule has 1 fully saturated rings. The molecule has 3 aromatic rings. The van der Waals surface area contributed by atoms with Crippen LogP contribution in [0, 0.1) is 0 Å². The number of aryl methyl sites for hydroxylation is 1. The Hall–Kier alpha value is -2.46. The second-order valence-corrected chi connectivity index (χ2v) is 11.2. The van der Waals surface area contributed by atoms with Crippen LogP contribution in [0.5, 0.6) is 0 Å². The van der Waals surface area contributed by atoms with Gasteiger partial charge in [0, 0.05) is 37.3 Å². The lowest BCUT2D eigenvalue weighted by molar-refractivity contribution is -0.671. The van der Waals surface area contributed by atoms with Crippen LogP contribution in [0.4, 0.5) is 5.69 Å². The molecule has 0 aliphatic carbocycles. The zero-order valence-electron chi connectivity index (χ0n) is 21.1. The lowest BCUT2D eigenvalue weighted by Crippen LogP contribution is -2.34. The maximum atomic E-state index is 12.8. The van der Waals surface area contributed by atoms with Gasteiger partial charge in [0.25, 0.3) is 0 Å². The van der Waals surface area contributed by atoms with E-state index in [4.69, 9.17) is 9.05 Å². The van der Waals surface area contributed by atoms with Crippen molar-refractivity contribution in [2.45, 2.75) is 46.1 Å². The number of hydrogen-bond acceptors (Lipinski definition) is 4. The number of pyridine rings is 1. The highest BCUT2D eigenvalue weighted by Crippen LogP contribution is 2.48. The van der Waals surface area contributed by atoms with E-state index in [-0.39, 0.29) is 0 Å². The number of nitrogens with zero attached hydrogens (tertiary/aromatic N) is 2. The summed E-state index contributed by atoms with van der Waals surface area (Å²) in [5, 5.41) is 1.20. The predicted molar refractivity (Wildman–Crippen MR) is 146 cm³/mol. The van der Waals surface area contributed by atoms with E-state index in [0.717, 1.165) is 18.5 Å². The Balaban J connectivity index is 1.46. The Bertz CT molecular complexity index is 1160. The summed E-state index contributed by atoms with van der Waals surface area (Å²) in [6.07, 6.45) is 11.6. The molecule has 2 aromatic carbocycles. The molecule has 0 atom stereocenters. The van der Waals surface area contributed by atoms with E-state index in [1.165, 1.54) is 54.6 Å². The van der Waals surface area contributed by atoms with Crippen LogP contribution < -0.4 is 9.47 Å². The van der Waals surface area contributed by atoms with Crippen molar-refractivity contribution in [3.05, 3.63) is 71.9 Å². The van der Waals surface area contributed by atoms with Crippen LogP contribution in [-0.2, 0) is 20.2 Å². The highest BCUT2D eigenvalue weighted by Gasteiger charge is 2.24. The van der Waals surface area contributed by atoms with E-state index in [2.05, 4.69) is 82.4 Å². The first kappa shape index (κ1) is 25.6. The molecule has 0 amide bonds. The molecule has 0 spiro atoms. The summed E-state index contributed by atoms with van der Waals surface area (Å²) in [6, 6.07) is 19.5. The fourth-order valence-electron chi connectivity index (χ4n) is 4.78. The molecule has 1 aromatic heterocycles. The van der Waals surface area contributed by atoms with Gasteiger partial charge in [-0.25, -0.2) is 0 Å². The van der Waals surface area contributed by atoms with Crippen molar-refractivity contribution < 1.29 is 18.2 Å². The summed E-state index contributed by atoms with van der Waals surface area (Å²) in [5.74, 6) is 0. The van der Waals surface area contributed by atoms with Crippen molar-refractivity contribution in [3.8, 4) is 0 Å². The summed E-state index contributed by atoms with van der Waals surface area (Å²) in [5.41, 5.74) is 4.88. The van der Waals surface area contributed by atoms with Crippen LogP contribution in [-0.4, -0.2) is 32.5 Å². The normalized spacial score (nSPS) is 14.7. The van der Waals surface area contributed by atoms with Gasteiger partial charge >= 0.3 is 7.60 Å². The number of piperidine rings is 1. The van der Waals surface area contributed by atoms with Crippen molar-refractivity contribution in [2.75, 3.05) is 37.4 Å². The third-order valence-electron chi connectivity index (χ3n) is 6.51. The SMILES string of the molecule is CCOP(=O)(CCC[n+]1ccc(C=Cc2ccc(N3CCCCC3)cc2)c2ccccc21)OCC. The molecule has 4 rings (SSSR count). The highest BCUT2D eigenvalue weighted by molar-refractivity contribution is 7.53. The molecule has 2 heterocycles. The zero-order valence-corrected chi connectivity index (χ0v) is 22.0. The van der Waals surface area contributed by atoms with E-state index in [9.17, 15) is 4.57 Å². The fraction of sp³-hybridized carbons (Fsp3) is 0.414. The number of aromatic nitrogens is 1. The first-order chi connectivity index (χ1) is 17.1. The van der Waals surface area contributed by atoms with Gasteiger partial charge in [-0.05, 0) is 62.4 Å². The Labute approximate surface area is 209 Å². The van der Waals surface area contributed by atoms with Crippen LogP contribution in [0.25, 0.3) is 23.1 Å². The molecule has 0 radical (unpaired) electrons. The Morgan fingerprint density at radius 3 is 2.34 bits per heavy atom. The molecule has 5 nitrogen and oxygen atoms in total. The molecule has 1 aliphatic heterocycles. The molecule has 0 saturated carbocycles. The topological polar surface area (TPSA) is 42.7 Å². The molecule has 0 bridgehead atoms. The fourth-order valence-corrected chi connectivity index (χ4v) is 6.43. The monoisotopic (exact) mass is 493 g/mol. The average Bonchev–Trinajstić information content (AvgIpc) is 2.89. The second-order valence-electron chi connectivity index (χ2n) is 8.98. The van der Waals surface area contributed by atoms with Crippen molar-refractivity contribution in [1.29, 1.82) is 0 Å². The van der Waals surface area contributed by atoms with Gasteiger partial charge in [-0.1, -0.05) is 36.4 Å². The Kier molecular flexibility index (Phi) is 9.14. The van der Waals surface area contributed by atoms with Crippen molar-refractivity contribution in [3.63, 3.8) is 0 Å². The summed E-state index contributed by atoms with van der Waals surface area (Å²) in [6.45, 7) is 7.59. The molecular formula is C29H38N2O3P+. The minimum Gasteiger partial charge on any atom is -0.372 e. The molecule has 1 aliphatic rings.